The lowest BCUT2D eigenvalue weighted by Gasteiger charge is -2.40. The number of nitrogens with one attached hydrogen (secondary N) is 3. The number of hydrazine groups is 1. The molecule has 3 aromatic rings. The SMILES string of the molecule is O=C(Cc1c[nH]c2ccccc12)NNC(=O)[N@+]1(S(=O)(=O)c2cc(Br)c(Br)s2)CCCCC1C(=O)O. The van der Waals surface area contributed by atoms with E-state index < -0.39 is 37.9 Å². The molecule has 0 bridgehead atoms. The number of aliphatic carboxylic acids is 1. The van der Waals surface area contributed by atoms with Gasteiger partial charge >= 0.3 is 22.0 Å². The lowest BCUT2D eigenvalue weighted by atomic mass is 10.0. The first-order valence-corrected chi connectivity index (χ1v) is 14.4. The second kappa shape index (κ2) is 10.0. The summed E-state index contributed by atoms with van der Waals surface area (Å²) >= 11 is 7.37. The molecule has 0 spiro atoms. The number of fused-ring (bicyclic) bond motifs is 1. The Labute approximate surface area is 221 Å². The molecule has 4 rings (SSSR count). The number of carboxylic acid groups (broad SMARTS) is 1. The highest BCUT2D eigenvalue weighted by molar-refractivity contribution is 9.13. The Morgan fingerprint density at radius 2 is 1.91 bits per heavy atom. The highest BCUT2D eigenvalue weighted by atomic mass is 79.9. The van der Waals surface area contributed by atoms with E-state index in [1.165, 1.54) is 6.07 Å². The van der Waals surface area contributed by atoms with Crippen LogP contribution in [0.4, 0.5) is 4.79 Å². The van der Waals surface area contributed by atoms with E-state index >= 15 is 0 Å². The maximum absolute atomic E-state index is 13.8. The summed E-state index contributed by atoms with van der Waals surface area (Å²) in [5, 5.41) is 10.7. The number of rotatable bonds is 5. The number of benzene rings is 1. The fraction of sp³-hybridized carbons (Fsp3) is 0.286. The van der Waals surface area contributed by atoms with Gasteiger partial charge in [0.2, 0.25) is 11.9 Å². The van der Waals surface area contributed by atoms with Crippen LogP contribution in [0.2, 0.25) is 0 Å². The topological polar surface area (TPSA) is 145 Å². The third-order valence-corrected chi connectivity index (χ3v) is 12.0. The van der Waals surface area contributed by atoms with E-state index in [0.717, 1.165) is 22.2 Å². The summed E-state index contributed by atoms with van der Waals surface area (Å²) in [7, 11) is -4.50. The number of hydrogen-bond acceptors (Lipinski definition) is 6. The van der Waals surface area contributed by atoms with Gasteiger partial charge in [0.05, 0.1) is 10.2 Å². The molecule has 3 amide bonds. The number of thiophene rings is 1. The van der Waals surface area contributed by atoms with Crippen LogP contribution in [0, 0.1) is 0 Å². The van der Waals surface area contributed by atoms with Crippen molar-refractivity contribution in [3.63, 3.8) is 0 Å². The van der Waals surface area contributed by atoms with Crippen LogP contribution in [-0.4, -0.2) is 52.9 Å². The van der Waals surface area contributed by atoms with Gasteiger partial charge in [-0.25, -0.2) is 15.0 Å². The van der Waals surface area contributed by atoms with E-state index in [4.69, 9.17) is 0 Å². The molecule has 1 fully saturated rings. The average Bonchev–Trinajstić information content (AvgIpc) is 3.40. The Bertz CT molecular complexity index is 1400. The largest absolute Gasteiger partial charge is 0.477 e. The molecule has 0 aliphatic carbocycles. The lowest BCUT2D eigenvalue weighted by Crippen LogP contribution is -2.70. The summed E-state index contributed by atoms with van der Waals surface area (Å²) in [6.45, 7) is -0.239. The summed E-state index contributed by atoms with van der Waals surface area (Å²) in [4.78, 5) is 41.2. The fourth-order valence-electron chi connectivity index (χ4n) is 4.32. The first kappa shape index (κ1) is 25.8. The van der Waals surface area contributed by atoms with Crippen LogP contribution in [0.3, 0.4) is 0 Å². The van der Waals surface area contributed by atoms with Gasteiger partial charge in [-0.2, -0.15) is 8.42 Å². The van der Waals surface area contributed by atoms with E-state index in [2.05, 4.69) is 47.7 Å². The molecule has 4 N–H and O–H groups in total. The van der Waals surface area contributed by atoms with Crippen molar-refractivity contribution in [3.05, 3.63) is 50.4 Å². The van der Waals surface area contributed by atoms with Crippen molar-refractivity contribution in [2.24, 2.45) is 0 Å². The molecule has 1 aromatic carbocycles. The summed E-state index contributed by atoms with van der Waals surface area (Å²) in [6, 6.07) is 6.09. The van der Waals surface area contributed by atoms with Crippen molar-refractivity contribution in [3.8, 4) is 0 Å². The third kappa shape index (κ3) is 4.65. The number of amides is 3. The first-order chi connectivity index (χ1) is 16.6. The van der Waals surface area contributed by atoms with Gasteiger partial charge in [-0.05, 0) is 62.4 Å². The Hall–Kier alpha value is -2.26. The van der Waals surface area contributed by atoms with Crippen molar-refractivity contribution in [2.45, 2.75) is 35.9 Å². The Morgan fingerprint density at radius 1 is 1.17 bits per heavy atom. The number of H-pyrrole nitrogens is 1. The van der Waals surface area contributed by atoms with Crippen LogP contribution in [0.25, 0.3) is 10.9 Å². The number of aromatic nitrogens is 1. The molecule has 1 saturated heterocycles. The molecule has 10 nitrogen and oxygen atoms in total. The van der Waals surface area contributed by atoms with Crippen molar-refractivity contribution in [1.82, 2.24) is 15.8 Å². The first-order valence-electron chi connectivity index (χ1n) is 10.5. The molecule has 1 unspecified atom stereocenters. The van der Waals surface area contributed by atoms with Crippen LogP contribution in [0.15, 0.2) is 49.0 Å². The van der Waals surface area contributed by atoms with Crippen LogP contribution < -0.4 is 10.9 Å². The van der Waals surface area contributed by atoms with Crippen molar-refractivity contribution >= 4 is 82.0 Å². The van der Waals surface area contributed by atoms with E-state index in [9.17, 15) is 27.9 Å². The van der Waals surface area contributed by atoms with Gasteiger partial charge in [0, 0.05) is 28.0 Å². The molecular weight excluding hydrogens is 628 g/mol. The Morgan fingerprint density at radius 3 is 2.60 bits per heavy atom. The highest BCUT2D eigenvalue weighted by Crippen LogP contribution is 2.41. The molecule has 1 aliphatic rings. The normalized spacial score (nSPS) is 20.5. The molecular formula is C21H21Br2N4O6S2+. The van der Waals surface area contributed by atoms with Gasteiger partial charge in [-0.1, -0.05) is 18.2 Å². The van der Waals surface area contributed by atoms with Gasteiger partial charge in [0.1, 0.15) is 6.54 Å². The zero-order chi connectivity index (χ0) is 25.4. The van der Waals surface area contributed by atoms with Gasteiger partial charge in [0.25, 0.3) is 0 Å². The number of para-hydroxylation sites is 1. The third-order valence-electron chi connectivity index (χ3n) is 5.99. The van der Waals surface area contributed by atoms with E-state index in [1.807, 2.05) is 24.3 Å². The minimum Gasteiger partial charge on any atom is -0.477 e. The summed E-state index contributed by atoms with van der Waals surface area (Å²) in [5.41, 5.74) is 6.01. The fourth-order valence-corrected chi connectivity index (χ4v) is 9.38. The van der Waals surface area contributed by atoms with Crippen LogP contribution in [0.1, 0.15) is 24.8 Å². The minimum atomic E-state index is -4.50. The molecule has 3 heterocycles. The molecule has 35 heavy (non-hydrogen) atoms. The predicted molar refractivity (Wildman–Crippen MR) is 136 cm³/mol. The maximum Gasteiger partial charge on any atom is 0.451 e. The maximum atomic E-state index is 13.8. The molecule has 14 heteroatoms. The number of likely N-dealkylation sites (tertiary alicyclic amines) is 1. The minimum absolute atomic E-state index is 0.00101. The quantitative estimate of drug-likeness (QED) is 0.244. The Kier molecular flexibility index (Phi) is 7.38. The van der Waals surface area contributed by atoms with Crippen LogP contribution in [0.5, 0.6) is 0 Å². The molecule has 186 valence electrons. The predicted octanol–water partition coefficient (Wildman–Crippen LogP) is 3.88. The second-order valence-corrected chi connectivity index (χ2v) is 13.6. The molecule has 0 saturated carbocycles. The van der Waals surface area contributed by atoms with Gasteiger partial charge in [0.15, 0.2) is 4.21 Å². The van der Waals surface area contributed by atoms with Crippen LogP contribution in [-0.2, 0) is 26.0 Å². The van der Waals surface area contributed by atoms with Crippen LogP contribution >= 0.6 is 43.2 Å². The molecule has 2 aromatic heterocycles. The Balaban J connectivity index is 1.61. The van der Waals surface area contributed by atoms with E-state index in [0.29, 0.717) is 26.7 Å². The van der Waals surface area contributed by atoms with Crippen molar-refractivity contribution in [1.29, 1.82) is 0 Å². The number of hydrogen-bond donors (Lipinski definition) is 4. The summed E-state index contributed by atoms with van der Waals surface area (Å²) in [5.74, 6) is -1.98. The van der Waals surface area contributed by atoms with E-state index in [1.54, 1.807) is 6.20 Å². The smallest absolute Gasteiger partial charge is 0.451 e. The van der Waals surface area contributed by atoms with Gasteiger partial charge in [-0.15, -0.1) is 15.2 Å². The number of aromatic amines is 1. The van der Waals surface area contributed by atoms with E-state index in [-0.39, 0.29) is 23.6 Å². The molecule has 2 atom stereocenters. The number of halogens is 2. The number of piperidine rings is 1. The number of carbonyl (C=O) groups excluding carboxylic acids is 2. The number of quaternary nitrogens is 1. The zero-order valence-electron chi connectivity index (χ0n) is 18.1. The van der Waals surface area contributed by atoms with Crippen molar-refractivity contribution < 1.29 is 31.8 Å². The average molecular weight is 649 g/mol. The number of sulfonamides is 1. The number of carbonyl (C=O) groups is 3. The lowest BCUT2D eigenvalue weighted by molar-refractivity contribution is -0.749. The number of nitrogens with zero attached hydrogens (tertiary/aromatic N) is 1. The monoisotopic (exact) mass is 647 g/mol. The zero-order valence-corrected chi connectivity index (χ0v) is 22.9. The standard InChI is InChI=1S/C21H20Br2N4O6S2/c22-14-10-18(34-19(14)23)35(32,33)27(8-4-3-7-16(27)20(29)30)21(31)26-25-17(28)9-12-11-24-15-6-2-1-5-13(12)15/h1-2,5-6,10-11,16,24H,3-4,7-9H2,(H2-,25,26,28,29,30,31)/p+1/t16?,27-/m0/s1. The summed E-state index contributed by atoms with van der Waals surface area (Å²) in [6.07, 6.45) is 2.39. The number of urea groups is 1. The van der Waals surface area contributed by atoms with Crippen molar-refractivity contribution in [2.75, 3.05) is 6.54 Å². The highest BCUT2D eigenvalue weighted by Gasteiger charge is 2.60. The van der Waals surface area contributed by atoms with Gasteiger partial charge in [-0.3, -0.25) is 10.2 Å². The summed E-state index contributed by atoms with van der Waals surface area (Å²) < 4.78 is 27.0. The number of carboxylic acids is 1. The second-order valence-electron chi connectivity index (χ2n) is 8.05. The molecule has 0 radical (unpaired) electrons. The molecule has 1 aliphatic heterocycles. The van der Waals surface area contributed by atoms with Gasteiger partial charge < -0.3 is 10.1 Å².